The summed E-state index contributed by atoms with van der Waals surface area (Å²) in [7, 11) is 0. The molecule has 1 aromatic carbocycles. The monoisotopic (exact) mass is 362 g/mol. The molecule has 0 radical (unpaired) electrons. The Hall–Kier alpha value is -2.47. The fourth-order valence-electron chi connectivity index (χ4n) is 4.40. The van der Waals surface area contributed by atoms with Crippen LogP contribution in [0.5, 0.6) is 0 Å². The van der Waals surface area contributed by atoms with Gasteiger partial charge in [-0.3, -0.25) is 9.58 Å². The van der Waals surface area contributed by atoms with Crippen LogP contribution in [0.2, 0.25) is 0 Å². The molecule has 1 aliphatic carbocycles. The lowest BCUT2D eigenvalue weighted by Crippen LogP contribution is -2.47. The summed E-state index contributed by atoms with van der Waals surface area (Å²) in [6, 6.07) is 6.99. The number of hydrogen-bond donors (Lipinski definition) is 0. The summed E-state index contributed by atoms with van der Waals surface area (Å²) in [5.41, 5.74) is 5.54. The Morgan fingerprint density at radius 3 is 2.56 bits per heavy atom. The van der Waals surface area contributed by atoms with Gasteiger partial charge in [-0.05, 0) is 61.1 Å². The molecule has 0 N–H and O–H groups in total. The van der Waals surface area contributed by atoms with Crippen LogP contribution in [0, 0.1) is 6.92 Å². The number of fused-ring (bicyclic) bond motifs is 2. The Bertz CT molecular complexity index is 941. The molecule has 1 fully saturated rings. The fourth-order valence-corrected chi connectivity index (χ4v) is 4.40. The molecule has 5 rings (SSSR count). The van der Waals surface area contributed by atoms with Gasteiger partial charge in [0.1, 0.15) is 18.5 Å². The molecule has 0 spiro atoms. The first-order chi connectivity index (χ1) is 13.3. The van der Waals surface area contributed by atoms with E-state index in [-0.39, 0.29) is 0 Å². The van der Waals surface area contributed by atoms with E-state index < -0.39 is 0 Å². The van der Waals surface area contributed by atoms with Crippen molar-refractivity contribution in [3.8, 4) is 0 Å². The largest absolute Gasteiger partial charge is 0.354 e. The van der Waals surface area contributed by atoms with E-state index in [1.54, 1.807) is 12.7 Å². The van der Waals surface area contributed by atoms with Gasteiger partial charge in [0.2, 0.25) is 0 Å². The lowest BCUT2D eigenvalue weighted by molar-refractivity contribution is 0.244. The maximum Gasteiger partial charge on any atom is 0.137 e. The van der Waals surface area contributed by atoms with Crippen molar-refractivity contribution in [2.75, 3.05) is 37.6 Å². The first-order valence-electron chi connectivity index (χ1n) is 9.99. The summed E-state index contributed by atoms with van der Waals surface area (Å²) in [6.07, 6.45) is 7.10. The molecule has 140 valence electrons. The Balaban J connectivity index is 1.29. The molecule has 1 aliphatic heterocycles. The van der Waals surface area contributed by atoms with Crippen LogP contribution in [0.1, 0.15) is 23.1 Å². The highest BCUT2D eigenvalue weighted by atomic mass is 15.3. The van der Waals surface area contributed by atoms with Crippen molar-refractivity contribution in [3.63, 3.8) is 0 Å². The van der Waals surface area contributed by atoms with E-state index in [2.05, 4.69) is 45.0 Å². The highest BCUT2D eigenvalue weighted by Crippen LogP contribution is 2.30. The number of piperazine rings is 1. The van der Waals surface area contributed by atoms with Crippen LogP contribution in [-0.2, 0) is 19.4 Å². The van der Waals surface area contributed by atoms with Crippen LogP contribution in [0.15, 0.2) is 30.9 Å². The van der Waals surface area contributed by atoms with Gasteiger partial charge in [0.15, 0.2) is 0 Å². The number of pyridine rings is 1. The quantitative estimate of drug-likeness (QED) is 0.714. The zero-order valence-corrected chi connectivity index (χ0v) is 15.9. The van der Waals surface area contributed by atoms with Gasteiger partial charge in [-0.1, -0.05) is 0 Å². The van der Waals surface area contributed by atoms with Crippen molar-refractivity contribution in [2.24, 2.45) is 0 Å². The third-order valence-corrected chi connectivity index (χ3v) is 6.02. The first kappa shape index (κ1) is 16.7. The maximum atomic E-state index is 5.03. The molecular weight excluding hydrogens is 336 g/mol. The first-order valence-corrected chi connectivity index (χ1v) is 9.99. The molecule has 6 heteroatoms. The minimum Gasteiger partial charge on any atom is -0.354 e. The lowest BCUT2D eigenvalue weighted by Gasteiger charge is -2.35. The average Bonchev–Trinajstić information content (AvgIpc) is 3.37. The number of nitrogens with zero attached hydrogens (tertiary/aromatic N) is 6. The van der Waals surface area contributed by atoms with E-state index in [0.717, 1.165) is 45.1 Å². The van der Waals surface area contributed by atoms with Gasteiger partial charge in [-0.25, -0.2) is 9.97 Å². The van der Waals surface area contributed by atoms with Gasteiger partial charge < -0.3 is 4.90 Å². The van der Waals surface area contributed by atoms with Gasteiger partial charge in [-0.15, -0.1) is 0 Å². The summed E-state index contributed by atoms with van der Waals surface area (Å²) < 4.78 is 1.90. The summed E-state index contributed by atoms with van der Waals surface area (Å²) in [6.45, 7) is 8.34. The zero-order valence-electron chi connectivity index (χ0n) is 15.9. The standard InChI is InChI=1S/C21H26N6/c1-16-11-21(24-20-13-18-4-2-3-17(18)12-19(16)20)26-8-5-25(6-9-26)7-10-27-15-22-14-23-27/h11-15H,2-10H2,1H3. The van der Waals surface area contributed by atoms with E-state index in [1.165, 1.54) is 46.9 Å². The number of aryl methyl sites for hydroxylation is 3. The van der Waals surface area contributed by atoms with Gasteiger partial charge in [-0.2, -0.15) is 5.10 Å². The molecule has 1 saturated heterocycles. The van der Waals surface area contributed by atoms with Crippen molar-refractivity contribution >= 4 is 16.7 Å². The van der Waals surface area contributed by atoms with Gasteiger partial charge in [0.05, 0.1) is 12.1 Å². The van der Waals surface area contributed by atoms with E-state index in [4.69, 9.17) is 4.98 Å². The van der Waals surface area contributed by atoms with Crippen molar-refractivity contribution < 1.29 is 0 Å². The minimum absolute atomic E-state index is 0.901. The predicted octanol–water partition coefficient (Wildman–Crippen LogP) is 2.45. The number of benzene rings is 1. The molecular formula is C21H26N6. The Kier molecular flexibility index (Phi) is 4.28. The molecule has 6 nitrogen and oxygen atoms in total. The van der Waals surface area contributed by atoms with Crippen LogP contribution in [-0.4, -0.2) is 57.4 Å². The van der Waals surface area contributed by atoms with Crippen molar-refractivity contribution in [1.82, 2.24) is 24.6 Å². The Morgan fingerprint density at radius 2 is 1.78 bits per heavy atom. The second-order valence-corrected chi connectivity index (χ2v) is 7.78. The maximum absolute atomic E-state index is 5.03. The zero-order chi connectivity index (χ0) is 18.2. The summed E-state index contributed by atoms with van der Waals surface area (Å²) >= 11 is 0. The van der Waals surface area contributed by atoms with Gasteiger partial charge >= 0.3 is 0 Å². The summed E-state index contributed by atoms with van der Waals surface area (Å²) in [5.74, 6) is 1.13. The molecule has 2 aromatic heterocycles. The predicted molar refractivity (Wildman–Crippen MR) is 107 cm³/mol. The molecule has 0 atom stereocenters. The van der Waals surface area contributed by atoms with Crippen LogP contribution in [0.3, 0.4) is 0 Å². The SMILES string of the molecule is Cc1cc(N2CCN(CCn3cncn3)CC2)nc2cc3c(cc12)CCC3. The van der Waals surface area contributed by atoms with Crippen LogP contribution in [0.4, 0.5) is 5.82 Å². The summed E-state index contributed by atoms with van der Waals surface area (Å²) in [4.78, 5) is 14.0. The molecule has 3 heterocycles. The second-order valence-electron chi connectivity index (χ2n) is 7.78. The minimum atomic E-state index is 0.901. The third-order valence-electron chi connectivity index (χ3n) is 6.02. The van der Waals surface area contributed by atoms with Crippen LogP contribution < -0.4 is 4.90 Å². The van der Waals surface area contributed by atoms with E-state index in [0.29, 0.717) is 0 Å². The molecule has 2 aliphatic rings. The number of anilines is 1. The van der Waals surface area contributed by atoms with E-state index in [9.17, 15) is 0 Å². The molecule has 0 unspecified atom stereocenters. The molecule has 27 heavy (non-hydrogen) atoms. The van der Waals surface area contributed by atoms with Crippen molar-refractivity contribution in [2.45, 2.75) is 32.7 Å². The highest BCUT2D eigenvalue weighted by molar-refractivity contribution is 5.85. The topological polar surface area (TPSA) is 50.1 Å². The molecule has 0 bridgehead atoms. The number of hydrogen-bond acceptors (Lipinski definition) is 5. The summed E-state index contributed by atoms with van der Waals surface area (Å²) in [5, 5.41) is 5.51. The number of aromatic nitrogens is 4. The lowest BCUT2D eigenvalue weighted by atomic mass is 10.0. The third kappa shape index (κ3) is 3.30. The Labute approximate surface area is 159 Å². The second kappa shape index (κ2) is 6.93. The Morgan fingerprint density at radius 1 is 0.963 bits per heavy atom. The van der Waals surface area contributed by atoms with Crippen LogP contribution in [0.25, 0.3) is 10.9 Å². The fraction of sp³-hybridized carbons (Fsp3) is 0.476. The van der Waals surface area contributed by atoms with E-state index in [1.807, 2.05) is 4.68 Å². The van der Waals surface area contributed by atoms with Crippen molar-refractivity contribution in [3.05, 3.63) is 47.5 Å². The smallest absolute Gasteiger partial charge is 0.137 e. The van der Waals surface area contributed by atoms with Gasteiger partial charge in [0, 0.05) is 38.1 Å². The van der Waals surface area contributed by atoms with E-state index >= 15 is 0 Å². The highest BCUT2D eigenvalue weighted by Gasteiger charge is 2.20. The van der Waals surface area contributed by atoms with Gasteiger partial charge in [0.25, 0.3) is 0 Å². The molecule has 0 saturated carbocycles. The number of rotatable bonds is 4. The molecule has 0 amide bonds. The molecule has 3 aromatic rings. The normalized spacial score (nSPS) is 17.6. The average molecular weight is 362 g/mol. The van der Waals surface area contributed by atoms with Crippen molar-refractivity contribution in [1.29, 1.82) is 0 Å². The van der Waals surface area contributed by atoms with Crippen LogP contribution >= 0.6 is 0 Å².